The molecule has 6 heteroatoms. The number of carboxylic acids is 1. The molecule has 1 heterocycles. The maximum absolute atomic E-state index is 11.7. The molecule has 2 unspecified atom stereocenters. The van der Waals surface area contributed by atoms with Crippen LogP contribution in [0.25, 0.3) is 0 Å². The van der Waals surface area contributed by atoms with Crippen molar-refractivity contribution in [1.29, 1.82) is 0 Å². The van der Waals surface area contributed by atoms with Crippen molar-refractivity contribution in [2.45, 2.75) is 38.3 Å². The Bertz CT molecular complexity index is 541. The van der Waals surface area contributed by atoms with Crippen LogP contribution in [0.1, 0.15) is 25.7 Å². The van der Waals surface area contributed by atoms with Crippen molar-refractivity contribution in [2.24, 2.45) is 5.92 Å². The third-order valence-electron chi connectivity index (χ3n) is 3.91. The van der Waals surface area contributed by atoms with Gasteiger partial charge in [-0.1, -0.05) is 6.42 Å². The molecule has 0 bridgehead atoms. The van der Waals surface area contributed by atoms with Gasteiger partial charge in [-0.25, -0.2) is 0 Å². The van der Waals surface area contributed by atoms with Crippen LogP contribution in [0.5, 0.6) is 0 Å². The van der Waals surface area contributed by atoms with Crippen molar-refractivity contribution < 1.29 is 14.6 Å². The van der Waals surface area contributed by atoms with Crippen LogP contribution < -0.4 is 10.9 Å². The van der Waals surface area contributed by atoms with E-state index in [4.69, 9.17) is 9.84 Å². The highest BCUT2D eigenvalue weighted by atomic mass is 16.5. The summed E-state index contributed by atoms with van der Waals surface area (Å²) in [5.41, 5.74) is 0.784. The molecule has 2 N–H and O–H groups in total. The van der Waals surface area contributed by atoms with Crippen LogP contribution in [-0.2, 0) is 16.1 Å². The highest BCUT2D eigenvalue weighted by Gasteiger charge is 2.26. The van der Waals surface area contributed by atoms with Gasteiger partial charge in [0.05, 0.1) is 18.2 Å². The van der Waals surface area contributed by atoms with Crippen molar-refractivity contribution in [3.63, 3.8) is 0 Å². The zero-order valence-electron chi connectivity index (χ0n) is 12.2. The number of pyridine rings is 1. The molecule has 6 nitrogen and oxygen atoms in total. The molecule has 0 amide bonds. The van der Waals surface area contributed by atoms with Gasteiger partial charge in [0.15, 0.2) is 0 Å². The summed E-state index contributed by atoms with van der Waals surface area (Å²) in [6.07, 6.45) is 5.03. The second kappa shape index (κ2) is 7.26. The van der Waals surface area contributed by atoms with E-state index in [1.807, 2.05) is 0 Å². The second-order valence-corrected chi connectivity index (χ2v) is 5.49. The third-order valence-corrected chi connectivity index (χ3v) is 3.91. The summed E-state index contributed by atoms with van der Waals surface area (Å²) in [6.45, 7) is 0.987. The highest BCUT2D eigenvalue weighted by Crippen LogP contribution is 2.26. The zero-order valence-corrected chi connectivity index (χ0v) is 12.2. The van der Waals surface area contributed by atoms with Gasteiger partial charge in [-0.05, 0) is 25.3 Å². The second-order valence-electron chi connectivity index (χ2n) is 5.49. The van der Waals surface area contributed by atoms with Gasteiger partial charge in [-0.2, -0.15) is 0 Å². The van der Waals surface area contributed by atoms with Crippen molar-refractivity contribution in [1.82, 2.24) is 4.57 Å². The van der Waals surface area contributed by atoms with E-state index in [1.54, 1.807) is 23.9 Å². The minimum atomic E-state index is -0.716. The SMILES string of the molecule is COCCn1cc(NC2CCCC(C(=O)O)C2)ccc1=O. The number of anilines is 1. The number of nitrogens with one attached hydrogen (secondary N) is 1. The largest absolute Gasteiger partial charge is 0.481 e. The van der Waals surface area contributed by atoms with Crippen LogP contribution in [0.15, 0.2) is 23.1 Å². The fourth-order valence-electron chi connectivity index (χ4n) is 2.76. The molecular formula is C15H22N2O4. The summed E-state index contributed by atoms with van der Waals surface area (Å²) >= 11 is 0. The van der Waals surface area contributed by atoms with Crippen LogP contribution in [0.4, 0.5) is 5.69 Å². The Kier molecular flexibility index (Phi) is 5.38. The van der Waals surface area contributed by atoms with E-state index in [-0.39, 0.29) is 17.5 Å². The van der Waals surface area contributed by atoms with Gasteiger partial charge in [-0.15, -0.1) is 0 Å². The monoisotopic (exact) mass is 294 g/mol. The zero-order chi connectivity index (χ0) is 15.2. The number of hydrogen-bond donors (Lipinski definition) is 2. The molecule has 1 aliphatic rings. The number of methoxy groups -OCH3 is 1. The van der Waals surface area contributed by atoms with E-state index in [1.165, 1.54) is 6.07 Å². The van der Waals surface area contributed by atoms with E-state index < -0.39 is 5.97 Å². The van der Waals surface area contributed by atoms with Crippen LogP contribution >= 0.6 is 0 Å². The summed E-state index contributed by atoms with van der Waals surface area (Å²) in [7, 11) is 1.60. The summed E-state index contributed by atoms with van der Waals surface area (Å²) in [6, 6.07) is 3.42. The molecule has 1 aliphatic carbocycles. The van der Waals surface area contributed by atoms with Gasteiger partial charge in [0, 0.05) is 32.0 Å². The quantitative estimate of drug-likeness (QED) is 0.832. The van der Waals surface area contributed by atoms with Crippen LogP contribution in [0.3, 0.4) is 0 Å². The van der Waals surface area contributed by atoms with Crippen molar-refractivity contribution in [3.05, 3.63) is 28.7 Å². The number of carboxylic acid groups (broad SMARTS) is 1. The number of hydrogen-bond acceptors (Lipinski definition) is 4. The predicted molar refractivity (Wildman–Crippen MR) is 79.6 cm³/mol. The first kappa shape index (κ1) is 15.6. The van der Waals surface area contributed by atoms with Crippen molar-refractivity contribution >= 4 is 11.7 Å². The van der Waals surface area contributed by atoms with E-state index >= 15 is 0 Å². The molecule has 21 heavy (non-hydrogen) atoms. The number of aromatic nitrogens is 1. The van der Waals surface area contributed by atoms with Crippen molar-refractivity contribution in [2.75, 3.05) is 19.0 Å². The Morgan fingerprint density at radius 3 is 3.00 bits per heavy atom. The van der Waals surface area contributed by atoms with Gasteiger partial charge < -0.3 is 19.7 Å². The molecule has 2 atom stereocenters. The lowest BCUT2D eigenvalue weighted by molar-refractivity contribution is -0.142. The number of ether oxygens (including phenoxy) is 1. The summed E-state index contributed by atoms with van der Waals surface area (Å²) < 4.78 is 6.59. The lowest BCUT2D eigenvalue weighted by Crippen LogP contribution is -2.31. The van der Waals surface area contributed by atoms with Crippen LogP contribution in [-0.4, -0.2) is 35.4 Å². The van der Waals surface area contributed by atoms with Crippen LogP contribution in [0, 0.1) is 5.92 Å². The molecule has 0 aliphatic heterocycles. The predicted octanol–water partition coefficient (Wildman–Crippen LogP) is 1.55. The topological polar surface area (TPSA) is 80.6 Å². The molecule has 1 aromatic rings. The Balaban J connectivity index is 2.02. The molecule has 0 spiro atoms. The van der Waals surface area contributed by atoms with Gasteiger partial charge in [0.25, 0.3) is 5.56 Å². The first-order chi connectivity index (χ1) is 10.1. The van der Waals surface area contributed by atoms with E-state index in [9.17, 15) is 9.59 Å². The molecule has 1 saturated carbocycles. The van der Waals surface area contributed by atoms with Crippen molar-refractivity contribution in [3.8, 4) is 0 Å². The summed E-state index contributed by atoms with van der Waals surface area (Å²) in [5, 5.41) is 12.5. The number of carbonyl (C=O) groups is 1. The van der Waals surface area contributed by atoms with E-state index in [2.05, 4.69) is 5.32 Å². The highest BCUT2D eigenvalue weighted by molar-refractivity contribution is 5.70. The Morgan fingerprint density at radius 1 is 1.48 bits per heavy atom. The maximum atomic E-state index is 11.7. The first-order valence-corrected chi connectivity index (χ1v) is 7.29. The first-order valence-electron chi connectivity index (χ1n) is 7.29. The van der Waals surface area contributed by atoms with Gasteiger partial charge in [0.1, 0.15) is 0 Å². The van der Waals surface area contributed by atoms with E-state index in [0.29, 0.717) is 19.6 Å². The van der Waals surface area contributed by atoms with Gasteiger partial charge in [-0.3, -0.25) is 9.59 Å². The Hall–Kier alpha value is -1.82. The summed E-state index contributed by atoms with van der Waals surface area (Å²) in [5.74, 6) is -0.984. The maximum Gasteiger partial charge on any atom is 0.306 e. The molecule has 0 aromatic carbocycles. The molecule has 0 radical (unpaired) electrons. The van der Waals surface area contributed by atoms with Gasteiger partial charge >= 0.3 is 5.97 Å². The average Bonchev–Trinajstić information content (AvgIpc) is 2.48. The molecule has 1 aromatic heterocycles. The minimum absolute atomic E-state index is 0.0651. The van der Waals surface area contributed by atoms with Crippen LogP contribution in [0.2, 0.25) is 0 Å². The molecular weight excluding hydrogens is 272 g/mol. The lowest BCUT2D eigenvalue weighted by atomic mass is 9.86. The molecule has 116 valence electrons. The standard InChI is InChI=1S/C15H22N2O4/c1-21-8-7-17-10-13(5-6-14(17)18)16-12-4-2-3-11(9-12)15(19)20/h5-6,10-12,16H,2-4,7-9H2,1H3,(H,19,20). The smallest absolute Gasteiger partial charge is 0.306 e. The Labute approximate surface area is 123 Å². The molecule has 1 fully saturated rings. The number of aliphatic carboxylic acids is 1. The van der Waals surface area contributed by atoms with E-state index in [0.717, 1.165) is 24.9 Å². The normalized spacial score (nSPS) is 22.0. The molecule has 2 rings (SSSR count). The van der Waals surface area contributed by atoms with Gasteiger partial charge in [0.2, 0.25) is 0 Å². The molecule has 0 saturated heterocycles. The Morgan fingerprint density at radius 2 is 2.29 bits per heavy atom. The summed E-state index contributed by atoms with van der Waals surface area (Å²) in [4.78, 5) is 22.8. The minimum Gasteiger partial charge on any atom is -0.481 e. The fraction of sp³-hybridized carbons (Fsp3) is 0.600. The lowest BCUT2D eigenvalue weighted by Gasteiger charge is -2.28. The average molecular weight is 294 g/mol. The third kappa shape index (κ3) is 4.32. The fourth-order valence-corrected chi connectivity index (χ4v) is 2.76. The number of rotatable bonds is 6. The number of nitrogens with zero attached hydrogens (tertiary/aromatic N) is 1.